The topological polar surface area (TPSA) is 61.4 Å². The zero-order chi connectivity index (χ0) is 17.8. The van der Waals surface area contributed by atoms with Crippen molar-refractivity contribution >= 4 is 52.1 Å². The number of hydrogen-bond acceptors (Lipinski definition) is 3. The molecule has 1 aliphatic rings. The van der Waals surface area contributed by atoms with E-state index in [1.165, 1.54) is 0 Å². The average Bonchev–Trinajstić information content (AvgIpc) is 3.03. The molecule has 7 heteroatoms. The maximum Gasteiger partial charge on any atom is 0.243 e. The highest BCUT2D eigenvalue weighted by atomic mass is 35.5. The molecular formula is C18H17Cl2N3O2. The fourth-order valence-electron chi connectivity index (χ4n) is 2.73. The second-order valence-electron chi connectivity index (χ2n) is 5.67. The monoisotopic (exact) mass is 377 g/mol. The van der Waals surface area contributed by atoms with Crippen molar-refractivity contribution in [1.29, 1.82) is 0 Å². The zero-order valence-electron chi connectivity index (χ0n) is 13.4. The fraction of sp³-hybridized carbons (Fsp3) is 0.222. The molecule has 0 aliphatic carbocycles. The lowest BCUT2D eigenvalue weighted by molar-refractivity contribution is -0.117. The summed E-state index contributed by atoms with van der Waals surface area (Å²) in [6.45, 7) is 0.740. The fourth-order valence-corrected chi connectivity index (χ4v) is 3.08. The maximum absolute atomic E-state index is 12.2. The number of carbonyl (C=O) groups excluding carboxylic acids is 2. The van der Waals surface area contributed by atoms with Crippen LogP contribution < -0.4 is 15.5 Å². The quantitative estimate of drug-likeness (QED) is 0.821. The number of benzene rings is 2. The summed E-state index contributed by atoms with van der Waals surface area (Å²) in [5.74, 6) is -0.156. The lowest BCUT2D eigenvalue weighted by Crippen LogP contribution is -2.26. The lowest BCUT2D eigenvalue weighted by Gasteiger charge is -2.20. The third-order valence-electron chi connectivity index (χ3n) is 3.93. The molecule has 0 spiro atoms. The molecule has 1 heterocycles. The van der Waals surface area contributed by atoms with E-state index >= 15 is 0 Å². The summed E-state index contributed by atoms with van der Waals surface area (Å²) in [6.07, 6.45) is 1.41. The molecule has 1 aliphatic heterocycles. The van der Waals surface area contributed by atoms with Crippen LogP contribution in [0.5, 0.6) is 0 Å². The number of nitrogens with zero attached hydrogens (tertiary/aromatic N) is 1. The van der Waals surface area contributed by atoms with Gasteiger partial charge in [0.25, 0.3) is 0 Å². The van der Waals surface area contributed by atoms with Crippen LogP contribution in [0, 0.1) is 0 Å². The van der Waals surface area contributed by atoms with Gasteiger partial charge in [-0.25, -0.2) is 0 Å². The molecule has 25 heavy (non-hydrogen) atoms. The Bertz CT molecular complexity index is 811. The predicted molar refractivity (Wildman–Crippen MR) is 102 cm³/mol. The van der Waals surface area contributed by atoms with Crippen LogP contribution >= 0.6 is 23.2 Å². The van der Waals surface area contributed by atoms with E-state index in [1.807, 2.05) is 24.3 Å². The molecule has 2 aromatic rings. The highest BCUT2D eigenvalue weighted by Crippen LogP contribution is 2.30. The van der Waals surface area contributed by atoms with Crippen molar-refractivity contribution in [3.8, 4) is 0 Å². The molecular weight excluding hydrogens is 361 g/mol. The number of carbonyl (C=O) groups is 2. The second kappa shape index (κ2) is 7.76. The summed E-state index contributed by atoms with van der Waals surface area (Å²) in [5, 5.41) is 6.49. The van der Waals surface area contributed by atoms with Gasteiger partial charge in [0.2, 0.25) is 11.8 Å². The average molecular weight is 378 g/mol. The van der Waals surface area contributed by atoms with E-state index in [4.69, 9.17) is 23.2 Å². The third-order valence-corrected chi connectivity index (χ3v) is 4.75. The van der Waals surface area contributed by atoms with Gasteiger partial charge in [-0.2, -0.15) is 0 Å². The van der Waals surface area contributed by atoms with Gasteiger partial charge in [0, 0.05) is 13.0 Å². The first kappa shape index (κ1) is 17.6. The molecule has 2 aromatic carbocycles. The van der Waals surface area contributed by atoms with E-state index in [1.54, 1.807) is 23.1 Å². The van der Waals surface area contributed by atoms with Crippen molar-refractivity contribution in [3.63, 3.8) is 0 Å². The smallest absolute Gasteiger partial charge is 0.243 e. The van der Waals surface area contributed by atoms with Crippen LogP contribution in [0.25, 0.3) is 0 Å². The molecule has 0 radical (unpaired) electrons. The van der Waals surface area contributed by atoms with Gasteiger partial charge in [0.15, 0.2) is 0 Å². The van der Waals surface area contributed by atoms with Crippen LogP contribution in [0.1, 0.15) is 12.8 Å². The van der Waals surface area contributed by atoms with Crippen molar-refractivity contribution in [2.24, 2.45) is 0 Å². The van der Waals surface area contributed by atoms with E-state index in [0.29, 0.717) is 28.7 Å². The Balaban J connectivity index is 1.66. The summed E-state index contributed by atoms with van der Waals surface area (Å²) in [7, 11) is 0. The molecule has 0 aromatic heterocycles. The van der Waals surface area contributed by atoms with Crippen LogP contribution in [0.15, 0.2) is 42.5 Å². The first-order valence-electron chi connectivity index (χ1n) is 7.93. The standard InChI is InChI=1S/C18H17Cl2N3O2/c19-12-5-3-7-14(18(12)20)22-16(24)11-21-13-6-1-2-8-15(13)23-10-4-9-17(23)25/h1-3,5-8,21H,4,9-11H2,(H,22,24). The van der Waals surface area contributed by atoms with Gasteiger partial charge in [-0.3, -0.25) is 9.59 Å². The second-order valence-corrected chi connectivity index (χ2v) is 6.45. The van der Waals surface area contributed by atoms with Gasteiger partial charge in [-0.15, -0.1) is 0 Å². The Labute approximate surface area is 155 Å². The number of nitrogens with one attached hydrogen (secondary N) is 2. The van der Waals surface area contributed by atoms with Gasteiger partial charge in [0.05, 0.1) is 33.7 Å². The summed E-state index contributed by atoms with van der Waals surface area (Å²) >= 11 is 12.0. The Morgan fingerprint density at radius 2 is 1.84 bits per heavy atom. The molecule has 0 atom stereocenters. The Hall–Kier alpha value is -2.24. The summed E-state index contributed by atoms with van der Waals surface area (Å²) in [6, 6.07) is 12.5. The van der Waals surface area contributed by atoms with E-state index in [0.717, 1.165) is 17.8 Å². The van der Waals surface area contributed by atoms with Crippen molar-refractivity contribution in [2.45, 2.75) is 12.8 Å². The van der Waals surface area contributed by atoms with Gasteiger partial charge < -0.3 is 15.5 Å². The van der Waals surface area contributed by atoms with Gasteiger partial charge in [0.1, 0.15) is 0 Å². The highest BCUT2D eigenvalue weighted by Gasteiger charge is 2.23. The van der Waals surface area contributed by atoms with Gasteiger partial charge in [-0.05, 0) is 30.7 Å². The van der Waals surface area contributed by atoms with E-state index in [-0.39, 0.29) is 18.4 Å². The molecule has 1 saturated heterocycles. The lowest BCUT2D eigenvalue weighted by atomic mass is 10.2. The van der Waals surface area contributed by atoms with Crippen molar-refractivity contribution < 1.29 is 9.59 Å². The minimum atomic E-state index is -0.258. The molecule has 0 saturated carbocycles. The number of para-hydroxylation sites is 2. The van der Waals surface area contributed by atoms with Crippen LogP contribution in [0.3, 0.4) is 0 Å². The largest absolute Gasteiger partial charge is 0.374 e. The van der Waals surface area contributed by atoms with E-state index in [9.17, 15) is 9.59 Å². The summed E-state index contributed by atoms with van der Waals surface area (Å²) < 4.78 is 0. The molecule has 2 N–H and O–H groups in total. The minimum Gasteiger partial charge on any atom is -0.374 e. The minimum absolute atomic E-state index is 0.0435. The highest BCUT2D eigenvalue weighted by molar-refractivity contribution is 6.44. The van der Waals surface area contributed by atoms with Crippen molar-refractivity contribution in [3.05, 3.63) is 52.5 Å². The number of rotatable bonds is 5. The normalized spacial score (nSPS) is 13.8. The van der Waals surface area contributed by atoms with E-state index < -0.39 is 0 Å². The molecule has 3 rings (SSSR count). The predicted octanol–water partition coefficient (Wildman–Crippen LogP) is 4.17. The first-order valence-corrected chi connectivity index (χ1v) is 8.69. The number of amides is 2. The van der Waals surface area contributed by atoms with Crippen LogP contribution in [0.4, 0.5) is 17.1 Å². The van der Waals surface area contributed by atoms with Crippen molar-refractivity contribution in [1.82, 2.24) is 0 Å². The van der Waals surface area contributed by atoms with Gasteiger partial charge in [-0.1, -0.05) is 41.4 Å². The Morgan fingerprint density at radius 3 is 2.60 bits per heavy atom. The molecule has 130 valence electrons. The molecule has 0 bridgehead atoms. The van der Waals surface area contributed by atoms with E-state index in [2.05, 4.69) is 10.6 Å². The molecule has 1 fully saturated rings. The van der Waals surface area contributed by atoms with Crippen molar-refractivity contribution in [2.75, 3.05) is 28.6 Å². The Morgan fingerprint density at radius 1 is 1.08 bits per heavy atom. The molecule has 5 nitrogen and oxygen atoms in total. The van der Waals surface area contributed by atoms with Gasteiger partial charge >= 0.3 is 0 Å². The number of hydrogen-bond donors (Lipinski definition) is 2. The molecule has 2 amide bonds. The molecule has 0 unspecified atom stereocenters. The Kier molecular flexibility index (Phi) is 5.46. The summed E-state index contributed by atoms with van der Waals surface area (Å²) in [5.41, 5.74) is 1.99. The SMILES string of the molecule is O=C(CNc1ccccc1N1CCCC1=O)Nc1cccc(Cl)c1Cl. The summed E-state index contributed by atoms with van der Waals surface area (Å²) in [4.78, 5) is 25.9. The zero-order valence-corrected chi connectivity index (χ0v) is 14.9. The van der Waals surface area contributed by atoms with Crippen LogP contribution in [-0.2, 0) is 9.59 Å². The van der Waals surface area contributed by atoms with Crippen LogP contribution in [0.2, 0.25) is 10.0 Å². The third kappa shape index (κ3) is 4.06. The number of halogens is 2. The number of anilines is 3. The van der Waals surface area contributed by atoms with Crippen LogP contribution in [-0.4, -0.2) is 24.9 Å². The first-order chi connectivity index (χ1) is 12.1. The maximum atomic E-state index is 12.2.